The van der Waals surface area contributed by atoms with Crippen LogP contribution in [0.2, 0.25) is 0 Å². The molecule has 0 aliphatic heterocycles. The minimum atomic E-state index is -0.431. The molecule has 1 aliphatic rings. The van der Waals surface area contributed by atoms with Gasteiger partial charge < -0.3 is 4.74 Å². The van der Waals surface area contributed by atoms with E-state index in [0.29, 0.717) is 0 Å². The molecule has 0 N–H and O–H groups in total. The van der Waals surface area contributed by atoms with Gasteiger partial charge in [-0.15, -0.1) is 0 Å². The molecular weight excluding hydrogens is 214 g/mol. The number of nitrogens with zero attached hydrogens (tertiary/aromatic N) is 1. The highest BCUT2D eigenvalue weighted by atomic mass is 16.6. The van der Waals surface area contributed by atoms with Crippen LogP contribution in [0.25, 0.3) is 0 Å². The number of carbonyl (C=O) groups is 1. The van der Waals surface area contributed by atoms with Crippen molar-refractivity contribution in [3.63, 3.8) is 0 Å². The van der Waals surface area contributed by atoms with Crippen LogP contribution in [-0.4, -0.2) is 11.6 Å². The Morgan fingerprint density at radius 1 is 1.12 bits per heavy atom. The molecule has 0 aromatic rings. The normalized spacial score (nSPS) is 24.7. The molecule has 0 unspecified atom stereocenters. The van der Waals surface area contributed by atoms with Crippen LogP contribution in [-0.2, 0) is 9.53 Å². The smallest absolute Gasteiger partial charge is 0.320 e. The Balaban J connectivity index is 2.81. The van der Waals surface area contributed by atoms with Gasteiger partial charge in [-0.05, 0) is 37.0 Å². The maximum atomic E-state index is 11.5. The number of hydrogen-bond acceptors (Lipinski definition) is 3. The number of rotatable bonds is 2. The Kier molecular flexibility index (Phi) is 3.57. The topological polar surface area (TPSA) is 50.1 Å². The van der Waals surface area contributed by atoms with Crippen molar-refractivity contribution in [3.8, 4) is 6.07 Å². The molecule has 1 aliphatic carbocycles. The molecule has 0 aromatic heterocycles. The third-order valence-corrected chi connectivity index (χ3v) is 3.25. The van der Waals surface area contributed by atoms with Crippen molar-refractivity contribution in [1.82, 2.24) is 0 Å². The van der Waals surface area contributed by atoms with E-state index in [0.717, 1.165) is 19.3 Å². The number of ether oxygens (including phenoxy) is 1. The summed E-state index contributed by atoms with van der Waals surface area (Å²) in [5.74, 6) is -0.400. The first kappa shape index (κ1) is 14.0. The van der Waals surface area contributed by atoms with E-state index in [1.807, 2.05) is 13.0 Å². The number of carbonyl (C=O) groups excluding carboxylic acids is 1. The molecule has 0 amide bonds. The zero-order valence-corrected chi connectivity index (χ0v) is 11.6. The molecule has 0 bridgehead atoms. The maximum Gasteiger partial charge on any atom is 0.320 e. The lowest BCUT2D eigenvalue weighted by molar-refractivity contribution is -0.170. The van der Waals surface area contributed by atoms with Gasteiger partial charge in [0.1, 0.15) is 12.0 Å². The highest BCUT2D eigenvalue weighted by molar-refractivity contribution is 5.72. The molecule has 3 heteroatoms. The van der Waals surface area contributed by atoms with Crippen LogP contribution >= 0.6 is 0 Å². The fourth-order valence-electron chi connectivity index (χ4n) is 3.96. The lowest BCUT2D eigenvalue weighted by atomic mass is 9.60. The largest absolute Gasteiger partial charge is 0.459 e. The first-order valence-corrected chi connectivity index (χ1v) is 6.16. The molecule has 3 nitrogen and oxygen atoms in total. The molecule has 1 saturated carbocycles. The van der Waals surface area contributed by atoms with Gasteiger partial charge in [0.05, 0.1) is 6.07 Å². The second kappa shape index (κ2) is 4.33. The maximum absolute atomic E-state index is 11.5. The summed E-state index contributed by atoms with van der Waals surface area (Å²) in [6.45, 7) is 10.8. The van der Waals surface area contributed by atoms with Crippen LogP contribution in [0.5, 0.6) is 0 Å². The van der Waals surface area contributed by atoms with Crippen LogP contribution < -0.4 is 0 Å². The van der Waals surface area contributed by atoms with Gasteiger partial charge in [-0.3, -0.25) is 4.79 Å². The average molecular weight is 237 g/mol. The molecule has 1 rings (SSSR count). The van der Waals surface area contributed by atoms with Crippen LogP contribution in [0.4, 0.5) is 0 Å². The Hall–Kier alpha value is -1.04. The fraction of sp³-hybridized carbons (Fsp3) is 0.857. The van der Waals surface area contributed by atoms with Crippen LogP contribution in [0.3, 0.4) is 0 Å². The van der Waals surface area contributed by atoms with E-state index >= 15 is 0 Å². The Morgan fingerprint density at radius 3 is 2.00 bits per heavy atom. The molecule has 0 radical (unpaired) electrons. The number of hydrogen-bond donors (Lipinski definition) is 0. The molecule has 1 fully saturated rings. The Bertz CT molecular complexity index is 334. The van der Waals surface area contributed by atoms with Gasteiger partial charge in [0.25, 0.3) is 0 Å². The number of esters is 1. The van der Waals surface area contributed by atoms with Crippen molar-refractivity contribution >= 4 is 5.97 Å². The first-order valence-electron chi connectivity index (χ1n) is 6.16. The summed E-state index contributed by atoms with van der Waals surface area (Å²) >= 11 is 0. The van der Waals surface area contributed by atoms with Crippen molar-refractivity contribution in [2.45, 2.75) is 65.9 Å². The first-order chi connectivity index (χ1) is 7.58. The zero-order valence-electron chi connectivity index (χ0n) is 11.6. The van der Waals surface area contributed by atoms with Gasteiger partial charge in [0.2, 0.25) is 0 Å². The highest BCUT2D eigenvalue weighted by Crippen LogP contribution is 2.51. The predicted octanol–water partition coefficient (Wildman–Crippen LogP) is 3.44. The summed E-state index contributed by atoms with van der Waals surface area (Å²) in [5.41, 5.74) is -0.0912. The predicted molar refractivity (Wildman–Crippen MR) is 66.1 cm³/mol. The van der Waals surface area contributed by atoms with Crippen molar-refractivity contribution in [3.05, 3.63) is 0 Å². The lowest BCUT2D eigenvalue weighted by Crippen LogP contribution is -2.46. The van der Waals surface area contributed by atoms with Gasteiger partial charge in [-0.2, -0.15) is 5.26 Å². The fourth-order valence-corrected chi connectivity index (χ4v) is 3.96. The average Bonchev–Trinajstić information content (AvgIpc) is 1.93. The standard InChI is InChI=1S/C14H23NO2/c1-12(2)8-13(3,4)10-14(5,9-12)17-11(16)6-7-15/h6,8-10H2,1-5H3. The summed E-state index contributed by atoms with van der Waals surface area (Å²) in [4.78, 5) is 11.5. The van der Waals surface area contributed by atoms with Crippen molar-refractivity contribution in [2.75, 3.05) is 0 Å². The summed E-state index contributed by atoms with van der Waals surface area (Å²) in [6, 6.07) is 1.84. The molecule has 17 heavy (non-hydrogen) atoms. The Morgan fingerprint density at radius 2 is 1.59 bits per heavy atom. The molecule has 0 atom stereocenters. The van der Waals surface area contributed by atoms with Gasteiger partial charge in [0, 0.05) is 0 Å². The quantitative estimate of drug-likeness (QED) is 0.691. The van der Waals surface area contributed by atoms with Crippen molar-refractivity contribution < 1.29 is 9.53 Å². The summed E-state index contributed by atoms with van der Waals surface area (Å²) in [7, 11) is 0. The van der Waals surface area contributed by atoms with E-state index in [1.54, 1.807) is 0 Å². The van der Waals surface area contributed by atoms with Crippen molar-refractivity contribution in [2.24, 2.45) is 10.8 Å². The lowest BCUT2D eigenvalue weighted by Gasteiger charge is -2.49. The molecule has 0 spiro atoms. The second-order valence-electron chi connectivity index (χ2n) is 7.12. The minimum absolute atomic E-state index is 0.156. The van der Waals surface area contributed by atoms with Crippen LogP contribution in [0.15, 0.2) is 0 Å². The molecule has 0 aromatic carbocycles. The molecule has 0 saturated heterocycles. The third-order valence-electron chi connectivity index (χ3n) is 3.25. The molecule has 96 valence electrons. The van der Waals surface area contributed by atoms with Gasteiger partial charge in [-0.1, -0.05) is 27.7 Å². The summed E-state index contributed by atoms with van der Waals surface area (Å²) in [6.07, 6.45) is 2.70. The highest BCUT2D eigenvalue weighted by Gasteiger charge is 2.46. The van der Waals surface area contributed by atoms with Gasteiger partial charge in [-0.25, -0.2) is 0 Å². The summed E-state index contributed by atoms with van der Waals surface area (Å²) < 4.78 is 5.53. The van der Waals surface area contributed by atoms with E-state index in [2.05, 4.69) is 27.7 Å². The van der Waals surface area contributed by atoms with E-state index in [4.69, 9.17) is 10.00 Å². The van der Waals surface area contributed by atoms with Crippen LogP contribution in [0.1, 0.15) is 60.3 Å². The molecular formula is C14H23NO2. The SMILES string of the molecule is CC1(C)CC(C)(C)CC(C)(OC(=O)CC#N)C1. The van der Waals surface area contributed by atoms with E-state index < -0.39 is 11.6 Å². The number of nitriles is 1. The zero-order chi connectivity index (χ0) is 13.3. The van der Waals surface area contributed by atoms with E-state index in [1.165, 1.54) is 0 Å². The molecule has 0 heterocycles. The minimum Gasteiger partial charge on any atom is -0.459 e. The van der Waals surface area contributed by atoms with Gasteiger partial charge in [0.15, 0.2) is 0 Å². The van der Waals surface area contributed by atoms with Crippen molar-refractivity contribution in [1.29, 1.82) is 5.26 Å². The van der Waals surface area contributed by atoms with Crippen LogP contribution in [0, 0.1) is 22.2 Å². The van der Waals surface area contributed by atoms with E-state index in [9.17, 15) is 4.79 Å². The van der Waals surface area contributed by atoms with Gasteiger partial charge >= 0.3 is 5.97 Å². The Labute approximate surface area is 104 Å². The second-order valence-corrected chi connectivity index (χ2v) is 7.12. The third kappa shape index (κ3) is 4.03. The summed E-state index contributed by atoms with van der Waals surface area (Å²) in [5, 5.41) is 8.50. The van der Waals surface area contributed by atoms with E-state index in [-0.39, 0.29) is 17.3 Å². The monoisotopic (exact) mass is 237 g/mol.